The number of carbonyl (C=O) groups is 1. The van der Waals surface area contributed by atoms with E-state index in [-0.39, 0.29) is 5.41 Å². The number of carboxylic acids is 1. The highest BCUT2D eigenvalue weighted by Gasteiger charge is 2.52. The van der Waals surface area contributed by atoms with Gasteiger partial charge in [0.1, 0.15) is 5.75 Å². The van der Waals surface area contributed by atoms with Gasteiger partial charge in [0, 0.05) is 16.7 Å². The lowest BCUT2D eigenvalue weighted by Gasteiger charge is -2.57. The number of hydrogen-bond acceptors (Lipinski definition) is 2. The fourth-order valence-corrected chi connectivity index (χ4v) is 6.83. The minimum Gasteiger partial charge on any atom is -0.508 e. The molecule has 0 aromatic heterocycles. The molecule has 4 saturated carbocycles. The first-order valence-corrected chi connectivity index (χ1v) is 10.8. The van der Waals surface area contributed by atoms with E-state index in [9.17, 15) is 9.90 Å². The van der Waals surface area contributed by atoms with E-state index in [1.165, 1.54) is 44.6 Å². The Bertz CT molecular complexity index is 972. The van der Waals surface area contributed by atoms with Crippen LogP contribution in [0.25, 0.3) is 17.2 Å². The summed E-state index contributed by atoms with van der Waals surface area (Å²) in [5.41, 5.74) is 3.94. The zero-order valence-electron chi connectivity index (χ0n) is 16.3. The van der Waals surface area contributed by atoms with Crippen LogP contribution in [0.15, 0.2) is 42.5 Å². The molecule has 0 spiro atoms. The first-order chi connectivity index (χ1) is 13.9. The lowest BCUT2D eigenvalue weighted by atomic mass is 9.48. The number of aromatic hydroxyl groups is 1. The molecule has 4 fully saturated rings. The summed E-state index contributed by atoms with van der Waals surface area (Å²) in [6, 6.07) is 11.6. The van der Waals surface area contributed by atoms with Gasteiger partial charge in [-0.2, -0.15) is 0 Å². The topological polar surface area (TPSA) is 57.5 Å². The van der Waals surface area contributed by atoms with Crippen molar-refractivity contribution in [2.24, 2.45) is 17.8 Å². The molecule has 0 aliphatic heterocycles. The molecule has 0 atom stereocenters. The SMILES string of the molecule is O=C(O)/C=C/c1ccc(-c2ccc(O)c(C34CC5CC(CC(C5)C3)C4)c2)cc1Cl. The molecule has 29 heavy (non-hydrogen) atoms. The molecule has 0 heterocycles. The van der Waals surface area contributed by atoms with Crippen molar-refractivity contribution in [1.29, 1.82) is 0 Å². The maximum absolute atomic E-state index is 10.8. The molecular formula is C25H25ClO3. The van der Waals surface area contributed by atoms with Crippen molar-refractivity contribution in [1.82, 2.24) is 0 Å². The van der Waals surface area contributed by atoms with Crippen LogP contribution in [0.4, 0.5) is 0 Å². The molecule has 4 aliphatic carbocycles. The van der Waals surface area contributed by atoms with E-state index < -0.39 is 5.97 Å². The molecule has 4 bridgehead atoms. The predicted molar refractivity (Wildman–Crippen MR) is 115 cm³/mol. The second-order valence-corrected chi connectivity index (χ2v) is 9.74. The average Bonchev–Trinajstić information content (AvgIpc) is 2.66. The van der Waals surface area contributed by atoms with Gasteiger partial charge in [-0.25, -0.2) is 4.79 Å². The van der Waals surface area contributed by atoms with E-state index in [1.807, 2.05) is 30.3 Å². The Labute approximate surface area is 176 Å². The second kappa shape index (κ2) is 6.91. The quantitative estimate of drug-likeness (QED) is 0.585. The molecule has 6 rings (SSSR count). The zero-order valence-corrected chi connectivity index (χ0v) is 17.0. The Hall–Kier alpha value is -2.26. The van der Waals surface area contributed by atoms with Crippen molar-refractivity contribution >= 4 is 23.6 Å². The fourth-order valence-electron chi connectivity index (χ4n) is 6.58. The molecule has 150 valence electrons. The summed E-state index contributed by atoms with van der Waals surface area (Å²) < 4.78 is 0. The average molecular weight is 409 g/mol. The number of rotatable bonds is 4. The van der Waals surface area contributed by atoms with Crippen molar-refractivity contribution in [3.8, 4) is 16.9 Å². The minimum absolute atomic E-state index is 0.128. The Kier molecular flexibility index (Phi) is 4.47. The van der Waals surface area contributed by atoms with Crippen LogP contribution in [-0.4, -0.2) is 16.2 Å². The number of phenols is 1. The van der Waals surface area contributed by atoms with Crippen molar-refractivity contribution in [3.63, 3.8) is 0 Å². The van der Waals surface area contributed by atoms with E-state index >= 15 is 0 Å². The number of benzene rings is 2. The molecule has 4 heteroatoms. The van der Waals surface area contributed by atoms with Crippen molar-refractivity contribution < 1.29 is 15.0 Å². The molecule has 0 amide bonds. The smallest absolute Gasteiger partial charge is 0.328 e. The third-order valence-corrected chi connectivity index (χ3v) is 7.67. The highest BCUT2D eigenvalue weighted by atomic mass is 35.5. The summed E-state index contributed by atoms with van der Waals surface area (Å²) in [4.78, 5) is 10.8. The summed E-state index contributed by atoms with van der Waals surface area (Å²) in [5.74, 6) is 1.88. The molecule has 3 nitrogen and oxygen atoms in total. The summed E-state index contributed by atoms with van der Waals surface area (Å²) >= 11 is 6.40. The van der Waals surface area contributed by atoms with Crippen LogP contribution in [0.5, 0.6) is 5.75 Å². The molecule has 4 aliphatic rings. The van der Waals surface area contributed by atoms with Gasteiger partial charge in [-0.1, -0.05) is 29.8 Å². The molecule has 0 radical (unpaired) electrons. The molecule has 2 aromatic rings. The highest BCUT2D eigenvalue weighted by Crippen LogP contribution is 2.62. The largest absolute Gasteiger partial charge is 0.508 e. The van der Waals surface area contributed by atoms with E-state index in [1.54, 1.807) is 0 Å². The van der Waals surface area contributed by atoms with Crippen LogP contribution in [-0.2, 0) is 10.2 Å². The highest BCUT2D eigenvalue weighted by molar-refractivity contribution is 6.32. The first-order valence-electron chi connectivity index (χ1n) is 10.5. The normalized spacial score (nSPS) is 30.2. The molecular weight excluding hydrogens is 384 g/mol. The van der Waals surface area contributed by atoms with Crippen molar-refractivity contribution in [2.45, 2.75) is 43.9 Å². The van der Waals surface area contributed by atoms with Gasteiger partial charge in [0.25, 0.3) is 0 Å². The molecule has 0 saturated heterocycles. The summed E-state index contributed by atoms with van der Waals surface area (Å²) in [5, 5.41) is 20.1. The van der Waals surface area contributed by atoms with Crippen LogP contribution in [0, 0.1) is 17.8 Å². The van der Waals surface area contributed by atoms with E-state index in [2.05, 4.69) is 6.07 Å². The first kappa shape index (κ1) is 18.7. The van der Waals surface area contributed by atoms with Gasteiger partial charge in [-0.05, 0) is 103 Å². The van der Waals surface area contributed by atoms with Gasteiger partial charge < -0.3 is 10.2 Å². The Morgan fingerprint density at radius 2 is 1.55 bits per heavy atom. The second-order valence-electron chi connectivity index (χ2n) is 9.34. The summed E-state index contributed by atoms with van der Waals surface area (Å²) in [6.45, 7) is 0. The molecule has 2 aromatic carbocycles. The predicted octanol–water partition coefficient (Wildman–Crippen LogP) is 6.28. The number of hydrogen-bond donors (Lipinski definition) is 2. The number of phenolic OH excluding ortho intramolecular Hbond substituents is 1. The monoisotopic (exact) mass is 408 g/mol. The minimum atomic E-state index is -0.996. The van der Waals surface area contributed by atoms with Gasteiger partial charge in [0.15, 0.2) is 0 Å². The zero-order chi connectivity index (χ0) is 20.2. The summed E-state index contributed by atoms with van der Waals surface area (Å²) in [6.07, 6.45) is 10.3. The third-order valence-electron chi connectivity index (χ3n) is 7.35. The van der Waals surface area contributed by atoms with Crippen LogP contribution < -0.4 is 0 Å². The Morgan fingerprint density at radius 3 is 2.14 bits per heavy atom. The van der Waals surface area contributed by atoms with Gasteiger partial charge in [0.05, 0.1) is 0 Å². The van der Waals surface area contributed by atoms with E-state index in [0.29, 0.717) is 16.3 Å². The Morgan fingerprint density at radius 1 is 0.966 bits per heavy atom. The van der Waals surface area contributed by atoms with Crippen molar-refractivity contribution in [2.75, 3.05) is 0 Å². The van der Waals surface area contributed by atoms with Crippen LogP contribution in [0.2, 0.25) is 5.02 Å². The Balaban J connectivity index is 1.51. The van der Waals surface area contributed by atoms with Crippen LogP contribution in [0.3, 0.4) is 0 Å². The molecule has 0 unspecified atom stereocenters. The van der Waals surface area contributed by atoms with Gasteiger partial charge in [0.2, 0.25) is 0 Å². The van der Waals surface area contributed by atoms with Crippen molar-refractivity contribution in [3.05, 3.63) is 58.6 Å². The standard InChI is InChI=1S/C25H25ClO3/c26-22-11-20(2-1-18(22)4-6-24(28)29)19-3-5-23(27)21(10-19)25-12-15-7-16(13-25)9-17(8-15)14-25/h1-6,10-11,15-17,27H,7-9,12-14H2,(H,28,29)/b6-4+. The van der Waals surface area contributed by atoms with E-state index in [4.69, 9.17) is 16.7 Å². The maximum atomic E-state index is 10.8. The summed E-state index contributed by atoms with van der Waals surface area (Å²) in [7, 11) is 0. The molecule has 2 N–H and O–H groups in total. The fraction of sp³-hybridized carbons (Fsp3) is 0.400. The van der Waals surface area contributed by atoms with E-state index in [0.717, 1.165) is 40.5 Å². The number of halogens is 1. The maximum Gasteiger partial charge on any atom is 0.328 e. The number of carboxylic acid groups (broad SMARTS) is 1. The number of aliphatic carboxylic acids is 1. The lowest BCUT2D eigenvalue weighted by molar-refractivity contribution is -0.131. The van der Waals surface area contributed by atoms with Crippen LogP contribution in [0.1, 0.15) is 49.7 Å². The lowest BCUT2D eigenvalue weighted by Crippen LogP contribution is -2.48. The van der Waals surface area contributed by atoms with Crippen LogP contribution >= 0.6 is 11.6 Å². The van der Waals surface area contributed by atoms with Gasteiger partial charge >= 0.3 is 5.97 Å². The van der Waals surface area contributed by atoms with Gasteiger partial charge in [-0.3, -0.25) is 0 Å². The van der Waals surface area contributed by atoms with Gasteiger partial charge in [-0.15, -0.1) is 0 Å². The third kappa shape index (κ3) is 3.36.